The lowest BCUT2D eigenvalue weighted by atomic mass is 10.0. The van der Waals surface area contributed by atoms with Gasteiger partial charge in [0.2, 0.25) is 0 Å². The van der Waals surface area contributed by atoms with Crippen molar-refractivity contribution in [3.8, 4) is 11.8 Å². The molecule has 0 fully saturated rings. The highest BCUT2D eigenvalue weighted by Crippen LogP contribution is 2.22. The van der Waals surface area contributed by atoms with Crippen molar-refractivity contribution >= 4 is 29.0 Å². The van der Waals surface area contributed by atoms with Gasteiger partial charge in [-0.2, -0.15) is 0 Å². The Morgan fingerprint density at radius 2 is 2.06 bits per heavy atom. The molecule has 2 N–H and O–H groups in total. The summed E-state index contributed by atoms with van der Waals surface area (Å²) in [6.45, 7) is 9.65. The molecule has 4 nitrogen and oxygen atoms in total. The number of likely N-dealkylation sites (N-methyl/N-ethyl adjacent to an activating group) is 2. The van der Waals surface area contributed by atoms with Gasteiger partial charge in [-0.05, 0) is 58.4 Å². The second kappa shape index (κ2) is 15.1. The molecule has 1 aromatic rings. The first-order valence-corrected chi connectivity index (χ1v) is 11.5. The Balaban J connectivity index is 3.29. The van der Waals surface area contributed by atoms with E-state index in [2.05, 4.69) is 42.0 Å². The first-order valence-electron chi connectivity index (χ1n) is 10.7. The Bertz CT molecular complexity index is 835. The fraction of sp³-hybridized carbons (Fsp3) is 0.480. The lowest BCUT2D eigenvalue weighted by Crippen LogP contribution is -2.46. The van der Waals surface area contributed by atoms with Gasteiger partial charge in [0, 0.05) is 16.6 Å². The summed E-state index contributed by atoms with van der Waals surface area (Å²) in [4.78, 5) is 7.16. The molecule has 0 saturated carbocycles. The molecule has 0 bridgehead atoms. The van der Waals surface area contributed by atoms with E-state index >= 15 is 0 Å². The van der Waals surface area contributed by atoms with Crippen LogP contribution in [0.1, 0.15) is 46.1 Å². The molecular formula is C25H35Cl2N3O. The van der Waals surface area contributed by atoms with Crippen LogP contribution in [0.2, 0.25) is 10.0 Å². The topological polar surface area (TPSA) is 47.9 Å². The van der Waals surface area contributed by atoms with Gasteiger partial charge in [-0.1, -0.05) is 65.9 Å². The average Bonchev–Trinajstić information content (AvgIpc) is 2.74. The van der Waals surface area contributed by atoms with Crippen LogP contribution in [0.25, 0.3) is 0 Å². The number of hydrogen-bond acceptors (Lipinski definition) is 3. The SMILES string of the molecule is CC#CCN(CC)C(=NCc1ccc(Cl)cc1Cl)C(CC(/C=C\C(C)O)=C/CC)NC. The maximum atomic E-state index is 9.65. The quantitative estimate of drug-likeness (QED) is 0.197. The summed E-state index contributed by atoms with van der Waals surface area (Å²) in [7, 11) is 1.94. The fourth-order valence-corrected chi connectivity index (χ4v) is 3.55. The smallest absolute Gasteiger partial charge is 0.118 e. The molecule has 6 heteroatoms. The summed E-state index contributed by atoms with van der Waals surface area (Å²) in [5, 5.41) is 14.3. The highest BCUT2D eigenvalue weighted by atomic mass is 35.5. The molecule has 0 amide bonds. The first kappa shape index (κ1) is 27.3. The van der Waals surface area contributed by atoms with Crippen molar-refractivity contribution in [3.05, 3.63) is 57.6 Å². The number of aliphatic hydroxyl groups excluding tert-OH is 1. The van der Waals surface area contributed by atoms with Crippen LogP contribution >= 0.6 is 23.2 Å². The number of rotatable bonds is 11. The van der Waals surface area contributed by atoms with E-state index in [9.17, 15) is 5.11 Å². The average molecular weight is 464 g/mol. The highest BCUT2D eigenvalue weighted by Gasteiger charge is 2.20. The van der Waals surface area contributed by atoms with Gasteiger partial charge in [0.1, 0.15) is 5.84 Å². The predicted molar refractivity (Wildman–Crippen MR) is 135 cm³/mol. The van der Waals surface area contributed by atoms with E-state index in [1.807, 2.05) is 32.2 Å². The van der Waals surface area contributed by atoms with Crippen LogP contribution < -0.4 is 5.32 Å². The van der Waals surface area contributed by atoms with Gasteiger partial charge >= 0.3 is 0 Å². The van der Waals surface area contributed by atoms with Crippen molar-refractivity contribution in [1.29, 1.82) is 0 Å². The molecule has 0 saturated heterocycles. The number of nitrogens with zero attached hydrogens (tertiary/aromatic N) is 2. The Hall–Kier alpha value is -1.77. The van der Waals surface area contributed by atoms with E-state index < -0.39 is 6.10 Å². The number of hydrogen-bond donors (Lipinski definition) is 2. The Labute approximate surface area is 198 Å². The first-order chi connectivity index (χ1) is 14.9. The Morgan fingerprint density at radius 1 is 1.32 bits per heavy atom. The second-order valence-electron chi connectivity index (χ2n) is 7.18. The zero-order valence-electron chi connectivity index (χ0n) is 19.3. The van der Waals surface area contributed by atoms with Gasteiger partial charge in [-0.25, -0.2) is 0 Å². The van der Waals surface area contributed by atoms with E-state index in [0.717, 1.165) is 36.4 Å². The predicted octanol–water partition coefficient (Wildman–Crippen LogP) is 5.49. The van der Waals surface area contributed by atoms with E-state index in [-0.39, 0.29) is 6.04 Å². The van der Waals surface area contributed by atoms with Crippen LogP contribution in [0.5, 0.6) is 0 Å². The van der Waals surface area contributed by atoms with Crippen LogP contribution in [-0.4, -0.2) is 48.1 Å². The molecule has 0 aliphatic rings. The van der Waals surface area contributed by atoms with E-state index in [4.69, 9.17) is 28.2 Å². The van der Waals surface area contributed by atoms with Crippen molar-refractivity contribution in [2.75, 3.05) is 20.1 Å². The van der Waals surface area contributed by atoms with Gasteiger partial charge in [0.25, 0.3) is 0 Å². The largest absolute Gasteiger partial charge is 0.389 e. The van der Waals surface area contributed by atoms with Crippen LogP contribution in [0.15, 0.2) is 47.0 Å². The van der Waals surface area contributed by atoms with Crippen LogP contribution in [0.4, 0.5) is 0 Å². The Kier molecular flexibility index (Phi) is 13.3. The lowest BCUT2D eigenvalue weighted by molar-refractivity contribution is 0.244. The van der Waals surface area contributed by atoms with Crippen LogP contribution in [0, 0.1) is 11.8 Å². The van der Waals surface area contributed by atoms with E-state index in [1.54, 1.807) is 19.1 Å². The van der Waals surface area contributed by atoms with Gasteiger partial charge in [-0.3, -0.25) is 4.99 Å². The second-order valence-corrected chi connectivity index (χ2v) is 8.03. The maximum Gasteiger partial charge on any atom is 0.118 e. The molecule has 1 rings (SSSR count). The number of allylic oxidation sites excluding steroid dienone is 2. The minimum Gasteiger partial charge on any atom is -0.389 e. The van der Waals surface area contributed by atoms with Crippen molar-refractivity contribution in [2.45, 2.75) is 59.2 Å². The number of nitrogens with one attached hydrogen (secondary N) is 1. The summed E-state index contributed by atoms with van der Waals surface area (Å²) >= 11 is 12.4. The summed E-state index contributed by atoms with van der Waals surface area (Å²) in [6.07, 6.45) is 7.16. The normalized spacial score (nSPS) is 14.3. The van der Waals surface area contributed by atoms with Crippen molar-refractivity contribution in [3.63, 3.8) is 0 Å². The third-order valence-electron chi connectivity index (χ3n) is 4.73. The van der Waals surface area contributed by atoms with Crippen molar-refractivity contribution < 1.29 is 5.11 Å². The van der Waals surface area contributed by atoms with E-state index in [1.165, 1.54) is 0 Å². The van der Waals surface area contributed by atoms with Gasteiger partial charge in [-0.15, -0.1) is 5.92 Å². The number of aliphatic imine (C=N–C) groups is 1. The number of aliphatic hydroxyl groups is 1. The van der Waals surface area contributed by atoms with Gasteiger partial charge in [0.15, 0.2) is 0 Å². The van der Waals surface area contributed by atoms with Crippen LogP contribution in [0.3, 0.4) is 0 Å². The molecule has 2 unspecified atom stereocenters. The molecule has 0 heterocycles. The molecule has 0 spiro atoms. The number of amidine groups is 1. The zero-order chi connectivity index (χ0) is 23.2. The monoisotopic (exact) mass is 463 g/mol. The third kappa shape index (κ3) is 9.93. The van der Waals surface area contributed by atoms with Crippen molar-refractivity contribution in [1.82, 2.24) is 10.2 Å². The molecule has 1 aromatic carbocycles. The summed E-state index contributed by atoms with van der Waals surface area (Å²) in [5.41, 5.74) is 2.08. The zero-order valence-corrected chi connectivity index (χ0v) is 20.8. The Morgan fingerprint density at radius 3 is 2.61 bits per heavy atom. The van der Waals surface area contributed by atoms with Gasteiger partial charge < -0.3 is 15.3 Å². The third-order valence-corrected chi connectivity index (χ3v) is 5.32. The van der Waals surface area contributed by atoms with Crippen molar-refractivity contribution in [2.24, 2.45) is 4.99 Å². The maximum absolute atomic E-state index is 9.65. The molecule has 170 valence electrons. The summed E-state index contributed by atoms with van der Waals surface area (Å²) < 4.78 is 0. The molecule has 31 heavy (non-hydrogen) atoms. The summed E-state index contributed by atoms with van der Waals surface area (Å²) in [5.74, 6) is 7.07. The van der Waals surface area contributed by atoms with Gasteiger partial charge in [0.05, 0.1) is 25.2 Å². The minimum atomic E-state index is -0.486. The summed E-state index contributed by atoms with van der Waals surface area (Å²) in [6, 6.07) is 5.47. The molecule has 0 aliphatic carbocycles. The minimum absolute atomic E-state index is 0.0128. The number of benzene rings is 1. The highest BCUT2D eigenvalue weighted by molar-refractivity contribution is 6.35. The number of halogens is 2. The lowest BCUT2D eigenvalue weighted by Gasteiger charge is -2.29. The fourth-order valence-electron chi connectivity index (χ4n) is 3.08. The van der Waals surface area contributed by atoms with Crippen LogP contribution in [-0.2, 0) is 6.54 Å². The standard InChI is InChI=1S/C25H35Cl2N3O/c1-6-9-15-30(8-3)25(29-18-21-13-14-22(26)17-23(21)27)24(28-5)16-20(10-7-2)12-11-19(4)31/h10-14,17,19,24,28,31H,7-8,15-16,18H2,1-5H3/b12-11-,20-10+,29-25?. The molecular weight excluding hydrogens is 429 g/mol. The molecule has 2 atom stereocenters. The molecule has 0 aromatic heterocycles. The van der Waals surface area contributed by atoms with E-state index in [0.29, 0.717) is 23.1 Å². The molecule has 0 aliphatic heterocycles. The molecule has 0 radical (unpaired) electrons.